The predicted molar refractivity (Wildman–Crippen MR) is 115 cm³/mol. The Kier molecular flexibility index (Phi) is 7.05. The molecule has 1 aliphatic heterocycles. The van der Waals surface area contributed by atoms with Gasteiger partial charge in [0.25, 0.3) is 0 Å². The third-order valence-corrected chi connectivity index (χ3v) is 7.22. The third-order valence-electron chi connectivity index (χ3n) is 4.84. The first-order valence-corrected chi connectivity index (χ1v) is 11.5. The van der Waals surface area contributed by atoms with E-state index >= 15 is 0 Å². The quantitative estimate of drug-likeness (QED) is 0.706. The highest BCUT2D eigenvalue weighted by atomic mass is 35.5. The van der Waals surface area contributed by atoms with Crippen molar-refractivity contribution >= 4 is 44.8 Å². The number of nitrogens with one attached hydrogen (secondary N) is 1. The number of methoxy groups -OCH3 is 1. The fraction of sp³-hybridized carbons (Fsp3) is 0.350. The molecular weight excluding hydrogens is 435 g/mol. The van der Waals surface area contributed by atoms with E-state index in [0.717, 1.165) is 0 Å². The molecule has 2 aromatic carbocycles. The summed E-state index contributed by atoms with van der Waals surface area (Å²) in [7, 11) is -2.06. The lowest BCUT2D eigenvalue weighted by atomic mass is 9.98. The van der Waals surface area contributed by atoms with Crippen LogP contribution in [0.15, 0.2) is 42.5 Å². The minimum atomic E-state index is -3.62. The maximum absolute atomic E-state index is 12.9. The lowest BCUT2D eigenvalue weighted by Gasteiger charge is -2.31. The Morgan fingerprint density at radius 1 is 1.24 bits per heavy atom. The summed E-state index contributed by atoms with van der Waals surface area (Å²) < 4.78 is 32.3. The van der Waals surface area contributed by atoms with Gasteiger partial charge in [-0.3, -0.25) is 4.79 Å². The van der Waals surface area contributed by atoms with E-state index < -0.39 is 15.9 Å². The Labute approximate surface area is 180 Å². The van der Waals surface area contributed by atoms with Gasteiger partial charge in [0.05, 0.1) is 18.8 Å². The van der Waals surface area contributed by atoms with Gasteiger partial charge < -0.3 is 10.1 Å². The van der Waals surface area contributed by atoms with Gasteiger partial charge >= 0.3 is 0 Å². The van der Waals surface area contributed by atoms with E-state index in [0.29, 0.717) is 46.4 Å². The van der Waals surface area contributed by atoms with Crippen molar-refractivity contribution in [3.05, 3.63) is 58.1 Å². The molecular formula is C20H22Cl2N2O4S. The number of nitrogens with zero attached hydrogens (tertiary/aromatic N) is 1. The second-order valence-corrected chi connectivity index (χ2v) is 9.72. The van der Waals surface area contributed by atoms with E-state index in [9.17, 15) is 13.2 Å². The van der Waals surface area contributed by atoms with Crippen LogP contribution in [0.1, 0.15) is 18.4 Å². The SMILES string of the molecule is COc1cccc(NC(=O)C2CCCN(S(=O)(=O)Cc3ccc(Cl)cc3Cl)C2)c1. The largest absolute Gasteiger partial charge is 0.497 e. The van der Waals surface area contributed by atoms with Gasteiger partial charge in [-0.1, -0.05) is 35.3 Å². The second kappa shape index (κ2) is 9.34. The molecule has 29 heavy (non-hydrogen) atoms. The van der Waals surface area contributed by atoms with Gasteiger partial charge in [-0.15, -0.1) is 0 Å². The summed E-state index contributed by atoms with van der Waals surface area (Å²) in [5.41, 5.74) is 1.10. The summed E-state index contributed by atoms with van der Waals surface area (Å²) in [6, 6.07) is 11.8. The minimum absolute atomic E-state index is 0.142. The van der Waals surface area contributed by atoms with Gasteiger partial charge in [-0.05, 0) is 42.7 Å². The highest BCUT2D eigenvalue weighted by molar-refractivity contribution is 7.88. The fourth-order valence-electron chi connectivity index (χ4n) is 3.28. The van der Waals surface area contributed by atoms with Crippen molar-refractivity contribution in [1.82, 2.24) is 4.31 Å². The molecule has 2 aromatic rings. The first-order valence-electron chi connectivity index (χ1n) is 9.15. The average Bonchev–Trinajstić information content (AvgIpc) is 2.70. The molecule has 0 aliphatic carbocycles. The molecule has 0 radical (unpaired) electrons. The molecule has 3 rings (SSSR count). The Morgan fingerprint density at radius 2 is 2.03 bits per heavy atom. The number of rotatable bonds is 6. The topological polar surface area (TPSA) is 75.7 Å². The van der Waals surface area contributed by atoms with Crippen LogP contribution in [0.5, 0.6) is 5.75 Å². The zero-order valence-corrected chi connectivity index (χ0v) is 18.2. The van der Waals surface area contributed by atoms with Gasteiger partial charge in [0, 0.05) is 34.9 Å². The van der Waals surface area contributed by atoms with Crippen LogP contribution in [0.2, 0.25) is 10.0 Å². The van der Waals surface area contributed by atoms with E-state index in [1.807, 2.05) is 0 Å². The number of hydrogen-bond donors (Lipinski definition) is 1. The number of ether oxygens (including phenoxy) is 1. The van der Waals surface area contributed by atoms with Crippen molar-refractivity contribution in [2.75, 3.05) is 25.5 Å². The first-order chi connectivity index (χ1) is 13.8. The molecule has 0 spiro atoms. The molecule has 0 aromatic heterocycles. The van der Waals surface area contributed by atoms with E-state index in [4.69, 9.17) is 27.9 Å². The maximum Gasteiger partial charge on any atom is 0.228 e. The standard InChI is InChI=1S/C20H22Cl2N2O4S/c1-28-18-6-2-5-17(11-18)23-20(25)14-4-3-9-24(12-14)29(26,27)13-15-7-8-16(21)10-19(15)22/h2,5-8,10-11,14H,3-4,9,12-13H2,1H3,(H,23,25). The van der Waals surface area contributed by atoms with Crippen molar-refractivity contribution in [2.24, 2.45) is 5.92 Å². The van der Waals surface area contributed by atoms with Crippen LogP contribution in [0.4, 0.5) is 5.69 Å². The Hall–Kier alpha value is -1.80. The molecule has 156 valence electrons. The molecule has 9 heteroatoms. The third kappa shape index (κ3) is 5.63. The van der Waals surface area contributed by atoms with E-state index in [1.54, 1.807) is 43.5 Å². The number of halogens is 2. The molecule has 1 aliphatic rings. The van der Waals surface area contributed by atoms with E-state index in [1.165, 1.54) is 10.4 Å². The number of sulfonamides is 1. The summed E-state index contributed by atoms with van der Waals surface area (Å²) in [5, 5.41) is 3.61. The average molecular weight is 457 g/mol. The van der Waals surface area contributed by atoms with Gasteiger partial charge in [-0.25, -0.2) is 12.7 Å². The van der Waals surface area contributed by atoms with Crippen molar-refractivity contribution in [3.63, 3.8) is 0 Å². The lowest BCUT2D eigenvalue weighted by molar-refractivity contribution is -0.120. The zero-order valence-electron chi connectivity index (χ0n) is 15.9. The van der Waals surface area contributed by atoms with Crippen LogP contribution in [-0.2, 0) is 20.6 Å². The molecule has 0 saturated carbocycles. The van der Waals surface area contributed by atoms with E-state index in [-0.39, 0.29) is 18.2 Å². The van der Waals surface area contributed by atoms with Crippen molar-refractivity contribution in [3.8, 4) is 5.75 Å². The summed E-state index contributed by atoms with van der Waals surface area (Å²) >= 11 is 12.0. The van der Waals surface area contributed by atoms with Gasteiger partial charge in [0.15, 0.2) is 0 Å². The number of carbonyl (C=O) groups excluding carboxylic acids is 1. The second-order valence-electron chi connectivity index (χ2n) is 6.91. The molecule has 1 unspecified atom stereocenters. The summed E-state index contributed by atoms with van der Waals surface area (Å²) in [4.78, 5) is 12.7. The van der Waals surface area contributed by atoms with Crippen molar-refractivity contribution < 1.29 is 17.9 Å². The Morgan fingerprint density at radius 3 is 2.76 bits per heavy atom. The van der Waals surface area contributed by atoms with Crippen LogP contribution < -0.4 is 10.1 Å². The molecule has 0 bridgehead atoms. The number of hydrogen-bond acceptors (Lipinski definition) is 4. The lowest BCUT2D eigenvalue weighted by Crippen LogP contribution is -2.44. The smallest absolute Gasteiger partial charge is 0.228 e. The maximum atomic E-state index is 12.9. The Balaban J connectivity index is 1.68. The molecule has 1 atom stereocenters. The van der Waals surface area contributed by atoms with Crippen LogP contribution in [0.3, 0.4) is 0 Å². The van der Waals surface area contributed by atoms with Crippen LogP contribution >= 0.6 is 23.2 Å². The predicted octanol–water partition coefficient (Wildman–Crippen LogP) is 4.18. The monoisotopic (exact) mass is 456 g/mol. The van der Waals surface area contributed by atoms with Crippen LogP contribution in [0, 0.1) is 5.92 Å². The van der Waals surface area contributed by atoms with Gasteiger partial charge in [0.1, 0.15) is 5.75 Å². The number of piperidine rings is 1. The summed E-state index contributed by atoms with van der Waals surface area (Å²) in [6.07, 6.45) is 1.24. The molecule has 1 heterocycles. The highest BCUT2D eigenvalue weighted by Crippen LogP contribution is 2.27. The summed E-state index contributed by atoms with van der Waals surface area (Å²) in [6.45, 7) is 0.528. The molecule has 1 N–H and O–H groups in total. The number of carbonyl (C=O) groups is 1. The minimum Gasteiger partial charge on any atom is -0.497 e. The Bertz CT molecular complexity index is 998. The molecule has 1 saturated heterocycles. The zero-order chi connectivity index (χ0) is 21.0. The fourth-order valence-corrected chi connectivity index (χ4v) is 5.48. The number of benzene rings is 2. The van der Waals surface area contributed by atoms with Gasteiger partial charge in [0.2, 0.25) is 15.9 Å². The van der Waals surface area contributed by atoms with Gasteiger partial charge in [-0.2, -0.15) is 0 Å². The highest BCUT2D eigenvalue weighted by Gasteiger charge is 2.32. The van der Waals surface area contributed by atoms with Crippen LogP contribution in [0.25, 0.3) is 0 Å². The summed E-state index contributed by atoms with van der Waals surface area (Å²) in [5.74, 6) is -0.226. The van der Waals surface area contributed by atoms with Crippen LogP contribution in [-0.4, -0.2) is 38.8 Å². The number of anilines is 1. The normalized spacial score (nSPS) is 17.7. The molecule has 1 amide bonds. The van der Waals surface area contributed by atoms with E-state index in [2.05, 4.69) is 5.32 Å². The molecule has 1 fully saturated rings. The van der Waals surface area contributed by atoms with Crippen molar-refractivity contribution in [1.29, 1.82) is 0 Å². The van der Waals surface area contributed by atoms with Crippen molar-refractivity contribution in [2.45, 2.75) is 18.6 Å². The number of amides is 1. The first kappa shape index (κ1) is 21.9. The molecule has 6 nitrogen and oxygen atoms in total.